The number of anilines is 2. The van der Waals surface area contributed by atoms with Crippen LogP contribution in [0.5, 0.6) is 0 Å². The number of alkyl halides is 6. The van der Waals surface area contributed by atoms with Crippen LogP contribution in [0, 0.1) is 12.8 Å². The summed E-state index contributed by atoms with van der Waals surface area (Å²) in [5.41, 5.74) is -0.304. The van der Waals surface area contributed by atoms with Crippen molar-refractivity contribution in [3.8, 4) is 10.4 Å². The summed E-state index contributed by atoms with van der Waals surface area (Å²) in [6.45, 7) is 1.79. The van der Waals surface area contributed by atoms with Gasteiger partial charge < -0.3 is 14.8 Å². The van der Waals surface area contributed by atoms with Gasteiger partial charge in [0.1, 0.15) is 16.3 Å². The van der Waals surface area contributed by atoms with Crippen molar-refractivity contribution in [2.75, 3.05) is 12.4 Å². The number of aromatic nitrogens is 3. The van der Waals surface area contributed by atoms with Crippen LogP contribution in [0.4, 0.5) is 38.0 Å². The lowest BCUT2D eigenvalue weighted by Crippen LogP contribution is -2.39. The number of ether oxygens (including phenoxy) is 2. The average Bonchev–Trinajstić information content (AvgIpc) is 3.39. The summed E-state index contributed by atoms with van der Waals surface area (Å²) in [7, 11) is 1.40. The highest BCUT2D eigenvalue weighted by molar-refractivity contribution is 7.15. The standard InChI is InChI=1S/C25H22F6N4O4S/c1-13-8-15(10-16(9-13)34-22-32-7-5-18(35-22)24(26,27)28)17-12-33-20(40-17)23(38-2)6-3-4-14(11-23)19(36)39-21(37)25(29,30)31/h5,7-10,12,14H,3-4,6,11H2,1-2H3,(H,32,34,35). The van der Waals surface area contributed by atoms with E-state index in [9.17, 15) is 35.9 Å². The van der Waals surface area contributed by atoms with Crippen LogP contribution >= 0.6 is 11.3 Å². The van der Waals surface area contributed by atoms with Crippen molar-refractivity contribution in [3.05, 3.63) is 52.9 Å². The first-order chi connectivity index (χ1) is 18.7. The smallest absolute Gasteiger partial charge is 0.386 e. The van der Waals surface area contributed by atoms with Crippen LogP contribution in [-0.2, 0) is 30.8 Å². The van der Waals surface area contributed by atoms with E-state index in [0.29, 0.717) is 34.0 Å². The molecule has 1 N–H and O–H groups in total. The number of hydrogen-bond acceptors (Lipinski definition) is 9. The van der Waals surface area contributed by atoms with Crippen LogP contribution in [0.1, 0.15) is 41.9 Å². The van der Waals surface area contributed by atoms with Crippen molar-refractivity contribution in [2.45, 2.75) is 50.6 Å². The zero-order valence-electron chi connectivity index (χ0n) is 21.0. The van der Waals surface area contributed by atoms with E-state index in [0.717, 1.165) is 17.8 Å². The van der Waals surface area contributed by atoms with E-state index in [1.807, 2.05) is 6.07 Å². The normalized spacial score (nSPS) is 19.8. The zero-order chi connectivity index (χ0) is 29.3. The van der Waals surface area contributed by atoms with E-state index in [-0.39, 0.29) is 18.8 Å². The molecule has 0 aliphatic heterocycles. The number of benzene rings is 1. The number of carbonyl (C=O) groups is 2. The van der Waals surface area contributed by atoms with Gasteiger partial charge >= 0.3 is 24.3 Å². The predicted molar refractivity (Wildman–Crippen MR) is 130 cm³/mol. The quantitative estimate of drug-likeness (QED) is 0.202. The van der Waals surface area contributed by atoms with Gasteiger partial charge in [-0.15, -0.1) is 11.3 Å². The number of nitrogens with one attached hydrogen (secondary N) is 1. The minimum atomic E-state index is -5.29. The number of halogens is 6. The molecule has 40 heavy (non-hydrogen) atoms. The Morgan fingerprint density at radius 2 is 1.88 bits per heavy atom. The highest BCUT2D eigenvalue weighted by Gasteiger charge is 2.47. The summed E-state index contributed by atoms with van der Waals surface area (Å²) in [6.07, 6.45) is -6.32. The molecule has 1 aromatic carbocycles. The lowest BCUT2D eigenvalue weighted by atomic mass is 9.78. The van der Waals surface area contributed by atoms with Gasteiger partial charge in [-0.2, -0.15) is 26.3 Å². The predicted octanol–water partition coefficient (Wildman–Crippen LogP) is 6.33. The Morgan fingerprint density at radius 1 is 1.12 bits per heavy atom. The lowest BCUT2D eigenvalue weighted by Gasteiger charge is -2.37. The molecule has 214 valence electrons. The van der Waals surface area contributed by atoms with Crippen molar-refractivity contribution in [1.82, 2.24) is 15.0 Å². The molecule has 1 aliphatic rings. The van der Waals surface area contributed by atoms with E-state index in [1.54, 1.807) is 25.3 Å². The first-order valence-corrected chi connectivity index (χ1v) is 12.7. The van der Waals surface area contributed by atoms with E-state index in [4.69, 9.17) is 4.74 Å². The third-order valence-corrected chi connectivity index (χ3v) is 7.55. The van der Waals surface area contributed by atoms with Crippen molar-refractivity contribution in [3.63, 3.8) is 0 Å². The van der Waals surface area contributed by atoms with Crippen LogP contribution in [0.15, 0.2) is 36.7 Å². The molecule has 0 saturated heterocycles. The summed E-state index contributed by atoms with van der Waals surface area (Å²) >= 11 is 1.23. The van der Waals surface area contributed by atoms with E-state index >= 15 is 0 Å². The maximum atomic E-state index is 13.0. The van der Waals surface area contributed by atoms with Gasteiger partial charge in [-0.05, 0) is 61.9 Å². The zero-order valence-corrected chi connectivity index (χ0v) is 21.8. The summed E-state index contributed by atoms with van der Waals surface area (Å²) in [5.74, 6) is -5.08. The molecule has 15 heteroatoms. The second kappa shape index (κ2) is 11.1. The van der Waals surface area contributed by atoms with E-state index in [2.05, 4.69) is 25.0 Å². The van der Waals surface area contributed by atoms with Crippen LogP contribution in [-0.4, -0.2) is 40.2 Å². The molecular formula is C25H22F6N4O4S. The van der Waals surface area contributed by atoms with Crippen LogP contribution in [0.25, 0.3) is 10.4 Å². The Labute approximate surface area is 227 Å². The van der Waals surface area contributed by atoms with E-state index in [1.165, 1.54) is 18.4 Å². The van der Waals surface area contributed by atoms with Crippen LogP contribution < -0.4 is 5.32 Å². The van der Waals surface area contributed by atoms with Gasteiger partial charge in [-0.25, -0.2) is 19.7 Å². The Bertz CT molecular complexity index is 1410. The summed E-state index contributed by atoms with van der Waals surface area (Å²) in [5, 5.41) is 3.25. The third kappa shape index (κ3) is 6.58. The topological polar surface area (TPSA) is 103 Å². The lowest BCUT2D eigenvalue weighted by molar-refractivity contribution is -0.204. The van der Waals surface area contributed by atoms with Crippen molar-refractivity contribution >= 4 is 34.9 Å². The molecule has 1 fully saturated rings. The number of carbonyl (C=O) groups excluding carboxylic acids is 2. The highest BCUT2D eigenvalue weighted by Crippen LogP contribution is 2.46. The number of methoxy groups -OCH3 is 1. The molecule has 2 unspecified atom stereocenters. The maximum Gasteiger partial charge on any atom is 0.491 e. The number of nitrogens with zero attached hydrogens (tertiary/aromatic N) is 3. The van der Waals surface area contributed by atoms with Crippen LogP contribution in [0.2, 0.25) is 0 Å². The Hall–Kier alpha value is -3.59. The van der Waals surface area contributed by atoms with Gasteiger partial charge in [-0.3, -0.25) is 4.79 Å². The second-order valence-electron chi connectivity index (χ2n) is 9.20. The number of aryl methyl sites for hydroxylation is 1. The molecule has 4 rings (SSSR count). The van der Waals surface area contributed by atoms with Gasteiger partial charge in [0.05, 0.1) is 10.8 Å². The first-order valence-electron chi connectivity index (χ1n) is 11.8. The summed E-state index contributed by atoms with van der Waals surface area (Å²) < 4.78 is 86.5. The molecule has 2 atom stereocenters. The second-order valence-corrected chi connectivity index (χ2v) is 10.2. The molecule has 8 nitrogen and oxygen atoms in total. The van der Waals surface area contributed by atoms with Gasteiger partial charge in [0.15, 0.2) is 0 Å². The Kier molecular flexibility index (Phi) is 8.17. The van der Waals surface area contributed by atoms with Gasteiger partial charge in [0, 0.05) is 25.2 Å². The number of esters is 2. The monoisotopic (exact) mass is 588 g/mol. The Balaban J connectivity index is 1.56. The fraction of sp³-hybridized carbons (Fsp3) is 0.400. The molecule has 2 aromatic heterocycles. The maximum absolute atomic E-state index is 13.0. The number of hydrogen-bond donors (Lipinski definition) is 1. The van der Waals surface area contributed by atoms with Crippen molar-refractivity contribution < 1.29 is 45.4 Å². The molecule has 3 aromatic rings. The summed E-state index contributed by atoms with van der Waals surface area (Å²) in [6, 6.07) is 5.97. The van der Waals surface area contributed by atoms with Gasteiger partial charge in [0.25, 0.3) is 0 Å². The Morgan fingerprint density at radius 3 is 2.55 bits per heavy atom. The van der Waals surface area contributed by atoms with Crippen molar-refractivity contribution in [1.29, 1.82) is 0 Å². The molecule has 2 heterocycles. The molecule has 0 spiro atoms. The summed E-state index contributed by atoms with van der Waals surface area (Å²) in [4.78, 5) is 35.9. The molecule has 0 bridgehead atoms. The molecule has 0 radical (unpaired) electrons. The minimum absolute atomic E-state index is 0.0338. The van der Waals surface area contributed by atoms with Crippen molar-refractivity contribution in [2.24, 2.45) is 5.92 Å². The first kappa shape index (κ1) is 29.4. The minimum Gasteiger partial charge on any atom is -0.386 e. The van der Waals surface area contributed by atoms with Gasteiger partial charge in [-0.1, -0.05) is 6.07 Å². The third-order valence-electron chi connectivity index (χ3n) is 6.32. The van der Waals surface area contributed by atoms with Crippen LogP contribution in [0.3, 0.4) is 0 Å². The number of thiazole rings is 1. The molecule has 1 aliphatic carbocycles. The fourth-order valence-electron chi connectivity index (χ4n) is 4.46. The number of rotatable bonds is 6. The molecule has 0 amide bonds. The van der Waals surface area contributed by atoms with E-state index < -0.39 is 41.5 Å². The largest absolute Gasteiger partial charge is 0.491 e. The molecule has 1 saturated carbocycles. The van der Waals surface area contributed by atoms with Gasteiger partial charge in [0.2, 0.25) is 5.95 Å². The average molecular weight is 589 g/mol. The highest BCUT2D eigenvalue weighted by atomic mass is 32.1. The SMILES string of the molecule is COC1(c2ncc(-c3cc(C)cc(Nc4nccc(C(F)(F)F)n4)c3)s2)CCCC(C(=O)OC(=O)C(F)(F)F)C1. The fourth-order valence-corrected chi connectivity index (χ4v) is 5.57. The molecular weight excluding hydrogens is 566 g/mol.